The van der Waals surface area contributed by atoms with Crippen LogP contribution in [0.15, 0.2) is 6.33 Å². The van der Waals surface area contributed by atoms with Gasteiger partial charge in [0.05, 0.1) is 6.04 Å². The van der Waals surface area contributed by atoms with Gasteiger partial charge in [0.25, 0.3) is 0 Å². The van der Waals surface area contributed by atoms with E-state index in [9.17, 15) is 4.79 Å². The van der Waals surface area contributed by atoms with E-state index in [4.69, 9.17) is 4.74 Å². The molecule has 0 spiro atoms. The maximum absolute atomic E-state index is 12.2. The summed E-state index contributed by atoms with van der Waals surface area (Å²) in [4.78, 5) is 16.5. The summed E-state index contributed by atoms with van der Waals surface area (Å²) in [7, 11) is 0. The third-order valence-electron chi connectivity index (χ3n) is 3.57. The minimum atomic E-state index is -0.0576. The first-order valence-corrected chi connectivity index (χ1v) is 7.02. The van der Waals surface area contributed by atoms with Crippen LogP contribution in [0.5, 0.6) is 0 Å². The fourth-order valence-corrected chi connectivity index (χ4v) is 2.39. The number of nitrogens with zero attached hydrogens (tertiary/aromatic N) is 3. The number of hydrogen-bond acceptors (Lipinski definition) is 4. The van der Waals surface area contributed by atoms with E-state index < -0.39 is 0 Å². The van der Waals surface area contributed by atoms with Gasteiger partial charge in [-0.15, -0.1) is 0 Å². The Bertz CT molecular complexity index is 413. The average Bonchev–Trinajstić information content (AvgIpc) is 2.93. The summed E-state index contributed by atoms with van der Waals surface area (Å²) >= 11 is 0. The fourth-order valence-electron chi connectivity index (χ4n) is 2.39. The molecular weight excluding hydrogens is 244 g/mol. The van der Waals surface area contributed by atoms with Gasteiger partial charge < -0.3 is 10.1 Å². The average molecular weight is 266 g/mol. The van der Waals surface area contributed by atoms with Crippen LogP contribution in [0, 0.1) is 5.92 Å². The Morgan fingerprint density at radius 1 is 1.53 bits per heavy atom. The molecule has 106 valence electrons. The zero-order valence-electron chi connectivity index (χ0n) is 11.6. The number of nitrogens with one attached hydrogen (secondary N) is 1. The van der Waals surface area contributed by atoms with Crippen LogP contribution in [0.1, 0.15) is 45.0 Å². The van der Waals surface area contributed by atoms with Crippen molar-refractivity contribution in [2.75, 3.05) is 13.2 Å². The van der Waals surface area contributed by atoms with Gasteiger partial charge in [-0.25, -0.2) is 9.67 Å². The number of carbonyl (C=O) groups is 1. The summed E-state index contributed by atoms with van der Waals surface area (Å²) in [6, 6.07) is -0.0576. The molecule has 1 aromatic heterocycles. The molecule has 6 nitrogen and oxygen atoms in total. The first kappa shape index (κ1) is 14.0. The predicted octanol–water partition coefficient (Wildman–Crippen LogP) is 1.29. The Balaban J connectivity index is 2.00. The van der Waals surface area contributed by atoms with Crippen LogP contribution >= 0.6 is 0 Å². The number of ether oxygens (including phenoxy) is 1. The van der Waals surface area contributed by atoms with Crippen molar-refractivity contribution >= 4 is 5.91 Å². The maximum Gasteiger partial charge on any atom is 0.223 e. The molecule has 1 amide bonds. The summed E-state index contributed by atoms with van der Waals surface area (Å²) in [5, 5.41) is 7.25. The second-order valence-corrected chi connectivity index (χ2v) is 4.79. The largest absolute Gasteiger partial charge is 0.381 e. The molecule has 2 rings (SSSR count). The number of rotatable bonds is 5. The molecule has 0 radical (unpaired) electrons. The molecule has 1 aromatic rings. The molecule has 0 unspecified atom stereocenters. The van der Waals surface area contributed by atoms with Crippen molar-refractivity contribution in [3.63, 3.8) is 0 Å². The Kier molecular flexibility index (Phi) is 4.90. The SMILES string of the molecule is CC[C@H](NC(=O)C1CCOCC1)c1ncnn1CC. The van der Waals surface area contributed by atoms with E-state index in [1.165, 1.54) is 0 Å². The van der Waals surface area contributed by atoms with Gasteiger partial charge in [0.1, 0.15) is 12.2 Å². The van der Waals surface area contributed by atoms with Gasteiger partial charge >= 0.3 is 0 Å². The van der Waals surface area contributed by atoms with Crippen molar-refractivity contribution in [1.82, 2.24) is 20.1 Å². The predicted molar refractivity (Wildman–Crippen MR) is 70.4 cm³/mol. The molecule has 0 aromatic carbocycles. The lowest BCUT2D eigenvalue weighted by atomic mass is 9.99. The highest BCUT2D eigenvalue weighted by molar-refractivity contribution is 5.79. The van der Waals surface area contributed by atoms with E-state index in [-0.39, 0.29) is 17.9 Å². The minimum Gasteiger partial charge on any atom is -0.381 e. The summed E-state index contributed by atoms with van der Waals surface area (Å²) < 4.78 is 7.12. The van der Waals surface area contributed by atoms with Crippen LogP contribution in [0.25, 0.3) is 0 Å². The van der Waals surface area contributed by atoms with Gasteiger partial charge in [0, 0.05) is 25.7 Å². The Labute approximate surface area is 113 Å². The lowest BCUT2D eigenvalue weighted by Gasteiger charge is -2.24. The Hall–Kier alpha value is -1.43. The van der Waals surface area contributed by atoms with Crippen molar-refractivity contribution in [3.8, 4) is 0 Å². The van der Waals surface area contributed by atoms with Gasteiger partial charge in [0.15, 0.2) is 0 Å². The fraction of sp³-hybridized carbons (Fsp3) is 0.769. The molecule has 1 aliphatic rings. The van der Waals surface area contributed by atoms with E-state index in [1.54, 1.807) is 6.33 Å². The van der Waals surface area contributed by atoms with Gasteiger partial charge in [-0.3, -0.25) is 4.79 Å². The maximum atomic E-state index is 12.2. The monoisotopic (exact) mass is 266 g/mol. The molecular formula is C13H22N4O2. The molecule has 19 heavy (non-hydrogen) atoms. The van der Waals surface area contributed by atoms with Crippen LogP contribution < -0.4 is 5.32 Å². The summed E-state index contributed by atoms with van der Waals surface area (Å²) in [5.74, 6) is 1.02. The first-order valence-electron chi connectivity index (χ1n) is 7.02. The van der Waals surface area contributed by atoms with Gasteiger partial charge in [-0.2, -0.15) is 5.10 Å². The molecule has 0 aliphatic carbocycles. The van der Waals surface area contributed by atoms with Crippen molar-refractivity contribution < 1.29 is 9.53 Å². The van der Waals surface area contributed by atoms with Gasteiger partial charge in [-0.1, -0.05) is 6.92 Å². The van der Waals surface area contributed by atoms with Gasteiger partial charge in [-0.05, 0) is 26.2 Å². The van der Waals surface area contributed by atoms with Crippen LogP contribution in [0.2, 0.25) is 0 Å². The van der Waals surface area contributed by atoms with E-state index in [0.29, 0.717) is 13.2 Å². The molecule has 1 saturated heterocycles. The standard InChI is InChI=1S/C13H22N4O2/c1-3-11(12-14-9-15-17(12)4-2)16-13(18)10-5-7-19-8-6-10/h9-11H,3-8H2,1-2H3,(H,16,18)/t11-/m0/s1. The number of carbonyl (C=O) groups excluding carboxylic acids is 1. The van der Waals surface area contributed by atoms with E-state index in [2.05, 4.69) is 15.4 Å². The molecule has 1 aliphatic heterocycles. The number of hydrogen-bond donors (Lipinski definition) is 1. The lowest BCUT2D eigenvalue weighted by Crippen LogP contribution is -2.37. The molecule has 2 heterocycles. The highest BCUT2D eigenvalue weighted by atomic mass is 16.5. The first-order chi connectivity index (χ1) is 9.26. The van der Waals surface area contributed by atoms with Crippen molar-refractivity contribution in [2.24, 2.45) is 5.92 Å². The highest BCUT2D eigenvalue weighted by Crippen LogP contribution is 2.19. The second kappa shape index (κ2) is 6.65. The van der Waals surface area contributed by atoms with Gasteiger partial charge in [0.2, 0.25) is 5.91 Å². The zero-order chi connectivity index (χ0) is 13.7. The normalized spacial score (nSPS) is 18.2. The van der Waals surface area contributed by atoms with Crippen molar-refractivity contribution in [3.05, 3.63) is 12.2 Å². The Morgan fingerprint density at radius 3 is 2.89 bits per heavy atom. The van der Waals surface area contributed by atoms with E-state index in [0.717, 1.165) is 31.6 Å². The summed E-state index contributed by atoms with van der Waals surface area (Å²) in [6.07, 6.45) is 3.97. The lowest BCUT2D eigenvalue weighted by molar-refractivity contribution is -0.128. The molecule has 0 bridgehead atoms. The van der Waals surface area contributed by atoms with Crippen LogP contribution in [-0.2, 0) is 16.1 Å². The topological polar surface area (TPSA) is 69.0 Å². The molecule has 1 N–H and O–H groups in total. The van der Waals surface area contributed by atoms with Crippen molar-refractivity contribution in [1.29, 1.82) is 0 Å². The van der Waals surface area contributed by atoms with Crippen LogP contribution in [0.4, 0.5) is 0 Å². The van der Waals surface area contributed by atoms with E-state index in [1.807, 2.05) is 18.5 Å². The molecule has 1 fully saturated rings. The van der Waals surface area contributed by atoms with Crippen LogP contribution in [-0.4, -0.2) is 33.9 Å². The van der Waals surface area contributed by atoms with Crippen LogP contribution in [0.3, 0.4) is 0 Å². The number of amides is 1. The second-order valence-electron chi connectivity index (χ2n) is 4.79. The quantitative estimate of drug-likeness (QED) is 0.872. The highest BCUT2D eigenvalue weighted by Gasteiger charge is 2.25. The third kappa shape index (κ3) is 3.32. The third-order valence-corrected chi connectivity index (χ3v) is 3.57. The number of aryl methyl sites for hydroxylation is 1. The minimum absolute atomic E-state index is 0.0576. The summed E-state index contributed by atoms with van der Waals surface area (Å²) in [6.45, 7) is 6.19. The molecule has 0 saturated carbocycles. The Morgan fingerprint density at radius 2 is 2.26 bits per heavy atom. The molecule has 6 heteroatoms. The molecule has 1 atom stereocenters. The van der Waals surface area contributed by atoms with Crippen molar-refractivity contribution in [2.45, 2.75) is 45.7 Å². The smallest absolute Gasteiger partial charge is 0.223 e. The van der Waals surface area contributed by atoms with E-state index >= 15 is 0 Å². The zero-order valence-corrected chi connectivity index (χ0v) is 11.6. The summed E-state index contributed by atoms with van der Waals surface area (Å²) in [5.41, 5.74) is 0. The number of aromatic nitrogens is 3.